The van der Waals surface area contributed by atoms with Crippen LogP contribution in [0.5, 0.6) is 0 Å². The maximum atomic E-state index is 11.2. The number of fused-ring (bicyclic) bond motifs is 2. The molecule has 3 rings (SSSR count). The van der Waals surface area contributed by atoms with Crippen molar-refractivity contribution in [1.29, 1.82) is 0 Å². The summed E-state index contributed by atoms with van der Waals surface area (Å²) in [5.41, 5.74) is 11.8. The molecule has 0 bridgehead atoms. The Kier molecular flexibility index (Phi) is 2.35. The lowest BCUT2D eigenvalue weighted by Gasteiger charge is -2.17. The van der Waals surface area contributed by atoms with Crippen molar-refractivity contribution in [2.45, 2.75) is 44.9 Å². The number of aryl methyl sites for hydroxylation is 2. The fourth-order valence-corrected chi connectivity index (χ4v) is 3.38. The lowest BCUT2D eigenvalue weighted by molar-refractivity contribution is 0.259. The first-order valence-corrected chi connectivity index (χ1v) is 6.41. The van der Waals surface area contributed by atoms with Gasteiger partial charge in [0.2, 0.25) is 0 Å². The molecular formula is C14H18N2O. The quantitative estimate of drug-likeness (QED) is 0.765. The van der Waals surface area contributed by atoms with Gasteiger partial charge in [-0.2, -0.15) is 0 Å². The largest absolute Gasteiger partial charge is 0.351 e. The van der Waals surface area contributed by atoms with Gasteiger partial charge in [-0.15, -0.1) is 0 Å². The standard InChI is InChI=1S/C14H18N2O/c1-8-5-6-10-7-9-3-2-4-11(9)13(12(8)10)16-14(15)17/h7-8H,2-6H2,1H3,(H3,15,16,17). The zero-order chi connectivity index (χ0) is 12.0. The third-order valence-electron chi connectivity index (χ3n) is 4.11. The van der Waals surface area contributed by atoms with Gasteiger partial charge in [0.15, 0.2) is 0 Å². The first kappa shape index (κ1) is 10.6. The van der Waals surface area contributed by atoms with E-state index >= 15 is 0 Å². The number of nitrogens with one attached hydrogen (secondary N) is 1. The van der Waals surface area contributed by atoms with Gasteiger partial charge in [0, 0.05) is 5.69 Å². The molecule has 3 N–H and O–H groups in total. The molecule has 17 heavy (non-hydrogen) atoms. The summed E-state index contributed by atoms with van der Waals surface area (Å²) in [5.74, 6) is 0.540. The monoisotopic (exact) mass is 230 g/mol. The van der Waals surface area contributed by atoms with E-state index in [0.29, 0.717) is 5.92 Å². The highest BCUT2D eigenvalue weighted by Gasteiger charge is 2.28. The smallest absolute Gasteiger partial charge is 0.316 e. The van der Waals surface area contributed by atoms with E-state index in [-0.39, 0.29) is 0 Å². The SMILES string of the molecule is CC1CCc2cc3c(c(NC(N)=O)c21)CCC3. The number of hydrogen-bond donors (Lipinski definition) is 2. The van der Waals surface area contributed by atoms with E-state index in [2.05, 4.69) is 18.3 Å². The van der Waals surface area contributed by atoms with Crippen molar-refractivity contribution in [3.05, 3.63) is 28.3 Å². The Labute approximate surface area is 101 Å². The maximum absolute atomic E-state index is 11.2. The molecule has 1 unspecified atom stereocenters. The summed E-state index contributed by atoms with van der Waals surface area (Å²) in [4.78, 5) is 11.2. The Bertz CT molecular complexity index is 493. The Hall–Kier alpha value is -1.51. The molecule has 1 atom stereocenters. The Balaban J connectivity index is 2.18. The van der Waals surface area contributed by atoms with Crippen molar-refractivity contribution < 1.29 is 4.79 Å². The van der Waals surface area contributed by atoms with Crippen LogP contribution in [0, 0.1) is 0 Å². The van der Waals surface area contributed by atoms with E-state index in [0.717, 1.165) is 24.9 Å². The number of rotatable bonds is 1. The number of benzene rings is 1. The number of urea groups is 1. The van der Waals surface area contributed by atoms with Crippen LogP contribution in [0.2, 0.25) is 0 Å². The molecular weight excluding hydrogens is 212 g/mol. The third kappa shape index (κ3) is 1.61. The van der Waals surface area contributed by atoms with Crippen LogP contribution in [0.3, 0.4) is 0 Å². The number of carbonyl (C=O) groups is 1. The van der Waals surface area contributed by atoms with Gasteiger partial charge in [0.25, 0.3) is 0 Å². The molecule has 2 aliphatic carbocycles. The van der Waals surface area contributed by atoms with E-state index < -0.39 is 6.03 Å². The molecule has 0 aromatic heterocycles. The van der Waals surface area contributed by atoms with E-state index in [4.69, 9.17) is 5.73 Å². The molecule has 1 aromatic rings. The average Bonchev–Trinajstić information content (AvgIpc) is 2.85. The van der Waals surface area contributed by atoms with Crippen LogP contribution < -0.4 is 11.1 Å². The number of primary amides is 1. The molecule has 0 saturated carbocycles. The van der Waals surface area contributed by atoms with E-state index in [1.165, 1.54) is 35.1 Å². The summed E-state index contributed by atoms with van der Waals surface area (Å²) in [6, 6.07) is 1.92. The number of nitrogens with two attached hydrogens (primary N) is 1. The van der Waals surface area contributed by atoms with Crippen LogP contribution >= 0.6 is 0 Å². The Morgan fingerprint density at radius 2 is 2.18 bits per heavy atom. The molecule has 2 amide bonds. The van der Waals surface area contributed by atoms with Gasteiger partial charge in [-0.25, -0.2) is 4.79 Å². The minimum Gasteiger partial charge on any atom is -0.351 e. The van der Waals surface area contributed by atoms with Gasteiger partial charge in [0.1, 0.15) is 0 Å². The second-order valence-electron chi connectivity index (χ2n) is 5.24. The predicted molar refractivity (Wildman–Crippen MR) is 68.4 cm³/mol. The van der Waals surface area contributed by atoms with Gasteiger partial charge in [-0.1, -0.05) is 13.0 Å². The van der Waals surface area contributed by atoms with Crippen LogP contribution in [-0.2, 0) is 19.3 Å². The molecule has 0 aliphatic heterocycles. The zero-order valence-corrected chi connectivity index (χ0v) is 10.2. The summed E-state index contributed by atoms with van der Waals surface area (Å²) < 4.78 is 0. The molecule has 90 valence electrons. The minimum atomic E-state index is -0.438. The van der Waals surface area contributed by atoms with Gasteiger partial charge in [-0.3, -0.25) is 0 Å². The van der Waals surface area contributed by atoms with Crippen molar-refractivity contribution in [3.63, 3.8) is 0 Å². The van der Waals surface area contributed by atoms with Gasteiger partial charge in [-0.05, 0) is 60.3 Å². The third-order valence-corrected chi connectivity index (χ3v) is 4.11. The zero-order valence-electron chi connectivity index (χ0n) is 10.2. The maximum Gasteiger partial charge on any atom is 0.316 e. The predicted octanol–water partition coefficient (Wildman–Crippen LogP) is 2.72. The summed E-state index contributed by atoms with van der Waals surface area (Å²) in [5, 5.41) is 2.87. The van der Waals surface area contributed by atoms with Gasteiger partial charge < -0.3 is 11.1 Å². The molecule has 3 heteroatoms. The second-order valence-corrected chi connectivity index (χ2v) is 5.24. The molecule has 3 nitrogen and oxygen atoms in total. The topological polar surface area (TPSA) is 55.1 Å². The van der Waals surface area contributed by atoms with Crippen molar-refractivity contribution >= 4 is 11.7 Å². The Morgan fingerprint density at radius 3 is 2.94 bits per heavy atom. The Morgan fingerprint density at radius 1 is 1.35 bits per heavy atom. The first-order valence-electron chi connectivity index (χ1n) is 6.41. The van der Waals surface area contributed by atoms with Crippen LogP contribution in [0.4, 0.5) is 10.5 Å². The number of anilines is 1. The van der Waals surface area contributed by atoms with Crippen molar-refractivity contribution in [3.8, 4) is 0 Å². The van der Waals surface area contributed by atoms with Gasteiger partial charge in [0.05, 0.1) is 0 Å². The van der Waals surface area contributed by atoms with Gasteiger partial charge >= 0.3 is 6.03 Å². The summed E-state index contributed by atoms with van der Waals surface area (Å²) >= 11 is 0. The lowest BCUT2D eigenvalue weighted by Crippen LogP contribution is -2.21. The molecule has 0 radical (unpaired) electrons. The van der Waals surface area contributed by atoms with Crippen LogP contribution in [0.25, 0.3) is 0 Å². The number of amides is 2. The molecule has 0 spiro atoms. The van der Waals surface area contributed by atoms with Crippen molar-refractivity contribution in [2.24, 2.45) is 5.73 Å². The fourth-order valence-electron chi connectivity index (χ4n) is 3.38. The second kappa shape index (κ2) is 3.76. The van der Waals surface area contributed by atoms with E-state index in [1.54, 1.807) is 0 Å². The van der Waals surface area contributed by atoms with Crippen LogP contribution in [-0.4, -0.2) is 6.03 Å². The molecule has 1 aromatic carbocycles. The lowest BCUT2D eigenvalue weighted by atomic mass is 9.95. The van der Waals surface area contributed by atoms with Crippen molar-refractivity contribution in [2.75, 3.05) is 5.32 Å². The van der Waals surface area contributed by atoms with Crippen LogP contribution in [0.15, 0.2) is 6.07 Å². The summed E-state index contributed by atoms with van der Waals surface area (Å²) in [6.45, 7) is 2.24. The fraction of sp³-hybridized carbons (Fsp3) is 0.500. The first-order chi connectivity index (χ1) is 8.16. The summed E-state index contributed by atoms with van der Waals surface area (Å²) in [7, 11) is 0. The molecule has 0 saturated heterocycles. The molecule has 0 fully saturated rings. The van der Waals surface area contributed by atoms with Crippen LogP contribution in [0.1, 0.15) is 47.9 Å². The molecule has 0 heterocycles. The number of hydrogen-bond acceptors (Lipinski definition) is 1. The molecule has 2 aliphatic rings. The normalized spacial score (nSPS) is 21.1. The number of carbonyl (C=O) groups excluding carboxylic acids is 1. The highest BCUT2D eigenvalue weighted by molar-refractivity contribution is 5.91. The summed E-state index contributed by atoms with van der Waals surface area (Å²) in [6.07, 6.45) is 5.73. The van der Waals surface area contributed by atoms with E-state index in [9.17, 15) is 4.79 Å². The highest BCUT2D eigenvalue weighted by atomic mass is 16.2. The van der Waals surface area contributed by atoms with E-state index in [1.807, 2.05) is 0 Å². The van der Waals surface area contributed by atoms with Crippen molar-refractivity contribution in [1.82, 2.24) is 0 Å². The minimum absolute atomic E-state index is 0.438. The highest BCUT2D eigenvalue weighted by Crippen LogP contribution is 2.43. The average molecular weight is 230 g/mol.